The summed E-state index contributed by atoms with van der Waals surface area (Å²) in [5, 5.41) is 11.5. The lowest BCUT2D eigenvalue weighted by Crippen LogP contribution is -2.16. The highest BCUT2D eigenvalue weighted by Gasteiger charge is 2.13. The van der Waals surface area contributed by atoms with Crippen LogP contribution < -0.4 is 5.32 Å². The van der Waals surface area contributed by atoms with Gasteiger partial charge in [0, 0.05) is 12.1 Å². The first-order valence-corrected chi connectivity index (χ1v) is 6.52. The quantitative estimate of drug-likeness (QED) is 0.828. The van der Waals surface area contributed by atoms with Crippen LogP contribution in [0.25, 0.3) is 0 Å². The van der Waals surface area contributed by atoms with Crippen LogP contribution in [0.3, 0.4) is 0 Å². The molecule has 1 atom stereocenters. The van der Waals surface area contributed by atoms with E-state index in [0.717, 1.165) is 5.69 Å². The number of anilines is 1. The summed E-state index contributed by atoms with van der Waals surface area (Å²) in [6.45, 7) is 5.83. The molecule has 0 aromatic heterocycles. The van der Waals surface area contributed by atoms with Crippen LogP contribution in [-0.4, -0.2) is 17.0 Å². The number of benzene rings is 1. The summed E-state index contributed by atoms with van der Waals surface area (Å²) in [4.78, 5) is 22.3. The Labute approximate surface area is 113 Å². The summed E-state index contributed by atoms with van der Waals surface area (Å²) in [7, 11) is 0. The predicted octanol–water partition coefficient (Wildman–Crippen LogP) is 3.25. The molecule has 1 unspecified atom stereocenters. The first-order valence-electron chi connectivity index (χ1n) is 6.52. The molecule has 4 heteroatoms. The van der Waals surface area contributed by atoms with Crippen molar-refractivity contribution in [2.45, 2.75) is 39.5 Å². The largest absolute Gasteiger partial charge is 0.481 e. The average Bonchev–Trinajstić information content (AvgIpc) is 2.36. The molecule has 0 heterocycles. The maximum absolute atomic E-state index is 11.7. The minimum absolute atomic E-state index is 0.148. The van der Waals surface area contributed by atoms with Crippen LogP contribution in [0.15, 0.2) is 24.3 Å². The summed E-state index contributed by atoms with van der Waals surface area (Å²) >= 11 is 0. The molecule has 1 rings (SSSR count). The lowest BCUT2D eigenvalue weighted by molar-refractivity contribution is -0.141. The van der Waals surface area contributed by atoms with E-state index in [1.54, 1.807) is 6.92 Å². The second kappa shape index (κ2) is 6.92. The van der Waals surface area contributed by atoms with Crippen molar-refractivity contribution < 1.29 is 14.7 Å². The fraction of sp³-hybridized carbons (Fsp3) is 0.467. The van der Waals surface area contributed by atoms with Gasteiger partial charge in [0.2, 0.25) is 5.91 Å². The molecule has 19 heavy (non-hydrogen) atoms. The van der Waals surface area contributed by atoms with E-state index < -0.39 is 11.9 Å². The van der Waals surface area contributed by atoms with Gasteiger partial charge in [-0.05, 0) is 30.0 Å². The van der Waals surface area contributed by atoms with Gasteiger partial charge in [0.25, 0.3) is 0 Å². The Hall–Kier alpha value is -1.84. The van der Waals surface area contributed by atoms with E-state index in [-0.39, 0.29) is 12.3 Å². The number of carboxylic acids is 1. The van der Waals surface area contributed by atoms with E-state index in [1.807, 2.05) is 24.3 Å². The Morgan fingerprint density at radius 3 is 2.21 bits per heavy atom. The van der Waals surface area contributed by atoms with Gasteiger partial charge >= 0.3 is 5.97 Å². The van der Waals surface area contributed by atoms with E-state index in [2.05, 4.69) is 19.2 Å². The van der Waals surface area contributed by atoms with E-state index in [0.29, 0.717) is 12.3 Å². The smallest absolute Gasteiger partial charge is 0.306 e. The van der Waals surface area contributed by atoms with Crippen molar-refractivity contribution in [2.75, 3.05) is 5.32 Å². The fourth-order valence-corrected chi connectivity index (χ4v) is 1.65. The Kier molecular flexibility index (Phi) is 5.55. The van der Waals surface area contributed by atoms with Crippen molar-refractivity contribution in [3.05, 3.63) is 29.8 Å². The zero-order chi connectivity index (χ0) is 14.4. The molecule has 0 saturated carbocycles. The topological polar surface area (TPSA) is 66.4 Å². The highest BCUT2D eigenvalue weighted by Crippen LogP contribution is 2.17. The normalized spacial score (nSPS) is 12.2. The molecule has 0 radical (unpaired) electrons. The molecular formula is C15H21NO3. The third-order valence-corrected chi connectivity index (χ3v) is 3.09. The van der Waals surface area contributed by atoms with Gasteiger partial charge in [0.15, 0.2) is 0 Å². The van der Waals surface area contributed by atoms with Gasteiger partial charge in [-0.1, -0.05) is 32.9 Å². The molecule has 0 fully saturated rings. The molecule has 4 nitrogen and oxygen atoms in total. The van der Waals surface area contributed by atoms with Gasteiger partial charge in [-0.2, -0.15) is 0 Å². The minimum atomic E-state index is -0.867. The predicted molar refractivity (Wildman–Crippen MR) is 75.2 cm³/mol. The number of nitrogens with one attached hydrogen (secondary N) is 1. The molecule has 0 spiro atoms. The van der Waals surface area contributed by atoms with E-state index in [1.165, 1.54) is 5.56 Å². The Morgan fingerprint density at radius 1 is 1.16 bits per heavy atom. The van der Waals surface area contributed by atoms with Crippen LogP contribution in [0, 0.1) is 5.92 Å². The van der Waals surface area contributed by atoms with Crippen LogP contribution in [-0.2, 0) is 9.59 Å². The third-order valence-electron chi connectivity index (χ3n) is 3.09. The van der Waals surface area contributed by atoms with Gasteiger partial charge in [-0.15, -0.1) is 0 Å². The number of rotatable bonds is 6. The second-order valence-electron chi connectivity index (χ2n) is 5.10. The van der Waals surface area contributed by atoms with Crippen LogP contribution >= 0.6 is 0 Å². The summed E-state index contributed by atoms with van der Waals surface area (Å²) < 4.78 is 0. The van der Waals surface area contributed by atoms with Crippen LogP contribution in [0.1, 0.15) is 45.1 Å². The van der Waals surface area contributed by atoms with Crippen molar-refractivity contribution in [3.63, 3.8) is 0 Å². The Morgan fingerprint density at radius 2 is 1.74 bits per heavy atom. The molecule has 0 saturated heterocycles. The van der Waals surface area contributed by atoms with Crippen molar-refractivity contribution in [1.29, 1.82) is 0 Å². The average molecular weight is 263 g/mol. The first kappa shape index (κ1) is 15.2. The van der Waals surface area contributed by atoms with Gasteiger partial charge in [0.05, 0.1) is 5.92 Å². The molecule has 1 amide bonds. The van der Waals surface area contributed by atoms with E-state index in [9.17, 15) is 9.59 Å². The molecule has 0 aliphatic rings. The molecule has 0 bridgehead atoms. The SMILES string of the molecule is CC(CCC(=O)Nc1ccc(C(C)C)cc1)C(=O)O. The second-order valence-corrected chi connectivity index (χ2v) is 5.10. The number of carbonyl (C=O) groups excluding carboxylic acids is 1. The monoisotopic (exact) mass is 263 g/mol. The summed E-state index contributed by atoms with van der Waals surface area (Å²) in [5.41, 5.74) is 1.97. The fourth-order valence-electron chi connectivity index (χ4n) is 1.65. The van der Waals surface area contributed by atoms with Crippen LogP contribution in [0.4, 0.5) is 5.69 Å². The lowest BCUT2D eigenvalue weighted by Gasteiger charge is -2.09. The zero-order valence-electron chi connectivity index (χ0n) is 11.6. The number of hydrogen-bond donors (Lipinski definition) is 2. The van der Waals surface area contributed by atoms with Gasteiger partial charge in [0.1, 0.15) is 0 Å². The number of carboxylic acid groups (broad SMARTS) is 1. The zero-order valence-corrected chi connectivity index (χ0v) is 11.6. The molecule has 104 valence electrons. The van der Waals surface area contributed by atoms with Crippen LogP contribution in [0.5, 0.6) is 0 Å². The molecule has 0 aliphatic heterocycles. The van der Waals surface area contributed by atoms with Gasteiger partial charge in [-0.3, -0.25) is 9.59 Å². The maximum Gasteiger partial charge on any atom is 0.306 e. The highest BCUT2D eigenvalue weighted by atomic mass is 16.4. The summed E-state index contributed by atoms with van der Waals surface area (Å²) in [6, 6.07) is 7.71. The maximum atomic E-state index is 11.7. The number of aliphatic carboxylic acids is 1. The van der Waals surface area contributed by atoms with E-state index in [4.69, 9.17) is 5.11 Å². The van der Waals surface area contributed by atoms with E-state index >= 15 is 0 Å². The Balaban J connectivity index is 2.46. The molecule has 1 aromatic carbocycles. The van der Waals surface area contributed by atoms with Gasteiger partial charge < -0.3 is 10.4 Å². The molecule has 2 N–H and O–H groups in total. The third kappa shape index (κ3) is 5.12. The van der Waals surface area contributed by atoms with Gasteiger partial charge in [-0.25, -0.2) is 0 Å². The highest BCUT2D eigenvalue weighted by molar-refractivity contribution is 5.90. The lowest BCUT2D eigenvalue weighted by atomic mass is 10.0. The number of amides is 1. The standard InChI is InChI=1S/C15H21NO3/c1-10(2)12-5-7-13(8-6-12)16-14(17)9-4-11(3)15(18)19/h5-8,10-11H,4,9H2,1-3H3,(H,16,17)(H,18,19). The molecular weight excluding hydrogens is 242 g/mol. The number of carbonyl (C=O) groups is 2. The van der Waals surface area contributed by atoms with Crippen molar-refractivity contribution >= 4 is 17.6 Å². The first-order chi connectivity index (χ1) is 8.90. The molecule has 1 aromatic rings. The summed E-state index contributed by atoms with van der Waals surface area (Å²) in [6.07, 6.45) is 0.574. The minimum Gasteiger partial charge on any atom is -0.481 e. The van der Waals surface area contributed by atoms with Crippen LogP contribution in [0.2, 0.25) is 0 Å². The van der Waals surface area contributed by atoms with Crippen molar-refractivity contribution in [3.8, 4) is 0 Å². The van der Waals surface area contributed by atoms with Crippen molar-refractivity contribution in [2.24, 2.45) is 5.92 Å². The molecule has 0 aliphatic carbocycles. The van der Waals surface area contributed by atoms with Crippen molar-refractivity contribution in [1.82, 2.24) is 0 Å². The summed E-state index contributed by atoms with van der Waals surface area (Å²) in [5.74, 6) is -1.05. The number of hydrogen-bond acceptors (Lipinski definition) is 2. The Bertz CT molecular complexity index is 437.